The smallest absolute Gasteiger partial charge is 0.207 e. The predicted molar refractivity (Wildman–Crippen MR) is 143 cm³/mol. The molecule has 3 aromatic heterocycles. The highest BCUT2D eigenvalue weighted by Crippen LogP contribution is 2.39. The Bertz CT molecular complexity index is 1760. The van der Waals surface area contributed by atoms with E-state index in [0.29, 0.717) is 5.71 Å². The zero-order valence-electron chi connectivity index (χ0n) is 19.6. The van der Waals surface area contributed by atoms with Gasteiger partial charge in [0.2, 0.25) is 5.88 Å². The normalized spacial score (nSPS) is 15.6. The molecule has 6 aromatic rings. The Morgan fingerprint density at radius 3 is 2.60 bits per heavy atom. The minimum Gasteiger partial charge on any atom is -0.440 e. The Labute approximate surface area is 203 Å². The van der Waals surface area contributed by atoms with Crippen LogP contribution < -0.4 is 0 Å². The van der Waals surface area contributed by atoms with Gasteiger partial charge in [0.05, 0.1) is 11.2 Å². The second-order valence-electron chi connectivity index (χ2n) is 9.55. The van der Waals surface area contributed by atoms with Crippen LogP contribution in [0.4, 0.5) is 0 Å². The first-order valence-electron chi connectivity index (χ1n) is 12.3. The second-order valence-corrected chi connectivity index (χ2v) is 9.55. The van der Waals surface area contributed by atoms with Crippen molar-refractivity contribution in [3.8, 4) is 17.0 Å². The fourth-order valence-corrected chi connectivity index (χ4v) is 5.75. The Balaban J connectivity index is 1.53. The van der Waals surface area contributed by atoms with Crippen molar-refractivity contribution in [1.82, 2.24) is 9.55 Å². The lowest BCUT2D eigenvalue weighted by Gasteiger charge is -2.24. The van der Waals surface area contributed by atoms with E-state index in [9.17, 15) is 0 Å². The van der Waals surface area contributed by atoms with Crippen LogP contribution in [0.2, 0.25) is 0 Å². The Morgan fingerprint density at radius 1 is 0.914 bits per heavy atom. The van der Waals surface area contributed by atoms with Gasteiger partial charge in [0.1, 0.15) is 11.2 Å². The maximum Gasteiger partial charge on any atom is 0.207 e. The lowest BCUT2D eigenvalue weighted by molar-refractivity contribution is 0.587. The SMILES string of the molecule is CC(=N)C1CCCc2cc3c4ccccc4n(-c4cc5c(-c6ccccc6)cccc5o4)c3nc21. The van der Waals surface area contributed by atoms with Crippen molar-refractivity contribution in [2.24, 2.45) is 0 Å². The molecule has 4 nitrogen and oxygen atoms in total. The van der Waals surface area contributed by atoms with Crippen molar-refractivity contribution in [2.75, 3.05) is 0 Å². The summed E-state index contributed by atoms with van der Waals surface area (Å²) >= 11 is 0. The van der Waals surface area contributed by atoms with E-state index in [4.69, 9.17) is 14.8 Å². The zero-order valence-corrected chi connectivity index (χ0v) is 19.6. The van der Waals surface area contributed by atoms with Crippen molar-refractivity contribution in [3.05, 3.63) is 96.2 Å². The molecule has 0 aliphatic heterocycles. The van der Waals surface area contributed by atoms with Crippen LogP contribution in [0.5, 0.6) is 0 Å². The molecule has 3 heterocycles. The van der Waals surface area contributed by atoms with Gasteiger partial charge in [-0.3, -0.25) is 4.57 Å². The average Bonchev–Trinajstić information content (AvgIpc) is 3.46. The Morgan fingerprint density at radius 2 is 1.74 bits per heavy atom. The maximum absolute atomic E-state index is 8.37. The van der Waals surface area contributed by atoms with Gasteiger partial charge in [0, 0.05) is 33.9 Å². The van der Waals surface area contributed by atoms with Gasteiger partial charge in [-0.1, -0.05) is 60.7 Å². The van der Waals surface area contributed by atoms with Gasteiger partial charge in [-0.05, 0) is 61.1 Å². The van der Waals surface area contributed by atoms with E-state index in [1.807, 2.05) is 19.1 Å². The molecule has 0 saturated carbocycles. The number of hydrogen-bond donors (Lipinski definition) is 1. The fraction of sp³-hybridized carbons (Fsp3) is 0.161. The number of nitrogens with one attached hydrogen (secondary N) is 1. The highest BCUT2D eigenvalue weighted by molar-refractivity contribution is 6.08. The van der Waals surface area contributed by atoms with E-state index < -0.39 is 0 Å². The third-order valence-corrected chi connectivity index (χ3v) is 7.41. The minimum atomic E-state index is 0.0926. The molecule has 0 amide bonds. The summed E-state index contributed by atoms with van der Waals surface area (Å²) in [5.74, 6) is 0.857. The van der Waals surface area contributed by atoms with Crippen LogP contribution in [0.1, 0.15) is 36.9 Å². The molecular formula is C31H25N3O. The van der Waals surface area contributed by atoms with E-state index >= 15 is 0 Å². The molecule has 1 atom stereocenters. The zero-order chi connectivity index (χ0) is 23.5. The van der Waals surface area contributed by atoms with Crippen LogP contribution in [-0.2, 0) is 6.42 Å². The summed E-state index contributed by atoms with van der Waals surface area (Å²) in [6.07, 6.45) is 3.12. The third-order valence-electron chi connectivity index (χ3n) is 7.41. The van der Waals surface area contributed by atoms with Gasteiger partial charge in [-0.15, -0.1) is 0 Å². The van der Waals surface area contributed by atoms with Gasteiger partial charge >= 0.3 is 0 Å². The standard InChI is InChI=1S/C31H25N3O/c1-19(32)22-13-7-11-21-17-26-24-12-5-6-15-27(24)34(31(26)33-30(21)22)29-18-25-23(14-8-16-28(25)35-29)20-9-3-2-4-10-20/h2-6,8-10,12,14-18,22,32H,7,11,13H2,1H3. The van der Waals surface area contributed by atoms with Gasteiger partial charge in [-0.2, -0.15) is 0 Å². The van der Waals surface area contributed by atoms with Crippen LogP contribution in [0.25, 0.3) is 49.9 Å². The molecule has 1 aliphatic carbocycles. The predicted octanol–water partition coefficient (Wildman–Crippen LogP) is 8.05. The Kier molecular flexibility index (Phi) is 4.43. The third kappa shape index (κ3) is 3.06. The molecule has 0 radical (unpaired) electrons. The van der Waals surface area contributed by atoms with Gasteiger partial charge < -0.3 is 9.83 Å². The van der Waals surface area contributed by atoms with E-state index in [2.05, 4.69) is 77.4 Å². The number of rotatable bonds is 3. The summed E-state index contributed by atoms with van der Waals surface area (Å²) in [7, 11) is 0. The molecule has 0 bridgehead atoms. The van der Waals surface area contributed by atoms with Crippen LogP contribution >= 0.6 is 0 Å². The molecule has 4 heteroatoms. The van der Waals surface area contributed by atoms with Crippen LogP contribution in [0.3, 0.4) is 0 Å². The maximum atomic E-state index is 8.37. The molecule has 35 heavy (non-hydrogen) atoms. The number of aryl methyl sites for hydroxylation is 1. The fourth-order valence-electron chi connectivity index (χ4n) is 5.75. The molecule has 3 aromatic carbocycles. The molecule has 1 N–H and O–H groups in total. The number of furan rings is 1. The highest BCUT2D eigenvalue weighted by atomic mass is 16.4. The molecule has 1 aliphatic rings. The Hall–Kier alpha value is -4.18. The van der Waals surface area contributed by atoms with Gasteiger partial charge in [0.25, 0.3) is 0 Å². The summed E-state index contributed by atoms with van der Waals surface area (Å²) in [5.41, 5.74) is 8.20. The number of hydrogen-bond acceptors (Lipinski definition) is 3. The number of nitrogens with zero attached hydrogens (tertiary/aromatic N) is 2. The number of pyridine rings is 1. The number of aromatic nitrogens is 2. The van der Waals surface area contributed by atoms with Gasteiger partial charge in [-0.25, -0.2) is 4.98 Å². The lowest BCUT2D eigenvalue weighted by atomic mass is 9.83. The molecule has 0 saturated heterocycles. The molecule has 0 fully saturated rings. The summed E-state index contributed by atoms with van der Waals surface area (Å²) in [6, 6.07) is 29.6. The van der Waals surface area contributed by atoms with Crippen molar-refractivity contribution >= 4 is 38.6 Å². The van der Waals surface area contributed by atoms with Crippen LogP contribution in [-0.4, -0.2) is 15.3 Å². The molecule has 0 spiro atoms. The summed E-state index contributed by atoms with van der Waals surface area (Å²) in [5, 5.41) is 11.8. The summed E-state index contributed by atoms with van der Waals surface area (Å²) < 4.78 is 8.65. The first-order chi connectivity index (χ1) is 17.2. The molecular weight excluding hydrogens is 430 g/mol. The van der Waals surface area contributed by atoms with Crippen molar-refractivity contribution in [1.29, 1.82) is 5.41 Å². The quantitative estimate of drug-likeness (QED) is 0.274. The monoisotopic (exact) mass is 455 g/mol. The van der Waals surface area contributed by atoms with E-state index in [1.54, 1.807) is 0 Å². The molecule has 7 rings (SSSR count). The summed E-state index contributed by atoms with van der Waals surface area (Å²) in [6.45, 7) is 1.91. The van der Waals surface area contributed by atoms with Crippen LogP contribution in [0.15, 0.2) is 89.3 Å². The number of benzene rings is 3. The number of para-hydroxylation sites is 1. The first kappa shape index (κ1) is 20.2. The van der Waals surface area contributed by atoms with Gasteiger partial charge in [0.15, 0.2) is 0 Å². The highest BCUT2D eigenvalue weighted by Gasteiger charge is 2.26. The average molecular weight is 456 g/mol. The molecule has 1 unspecified atom stereocenters. The van der Waals surface area contributed by atoms with E-state index in [0.717, 1.165) is 63.9 Å². The first-order valence-corrected chi connectivity index (χ1v) is 12.3. The van der Waals surface area contributed by atoms with Crippen LogP contribution in [0, 0.1) is 5.41 Å². The summed E-state index contributed by atoms with van der Waals surface area (Å²) in [4.78, 5) is 5.24. The van der Waals surface area contributed by atoms with Crippen molar-refractivity contribution in [3.63, 3.8) is 0 Å². The number of fused-ring (bicyclic) bond motifs is 5. The van der Waals surface area contributed by atoms with E-state index in [1.165, 1.54) is 16.5 Å². The largest absolute Gasteiger partial charge is 0.440 e. The minimum absolute atomic E-state index is 0.0926. The topological polar surface area (TPSA) is 54.8 Å². The van der Waals surface area contributed by atoms with Crippen molar-refractivity contribution in [2.45, 2.75) is 32.1 Å². The second kappa shape index (κ2) is 7.67. The molecule has 170 valence electrons. The van der Waals surface area contributed by atoms with Crippen molar-refractivity contribution < 1.29 is 4.42 Å². The lowest BCUT2D eigenvalue weighted by Crippen LogP contribution is -2.17. The van der Waals surface area contributed by atoms with E-state index in [-0.39, 0.29) is 5.92 Å².